The van der Waals surface area contributed by atoms with Crippen LogP contribution in [-0.2, 0) is 9.59 Å². The van der Waals surface area contributed by atoms with Crippen LogP contribution < -0.4 is 30.2 Å². The molecular formula is C39H35N3O6S. The van der Waals surface area contributed by atoms with Crippen molar-refractivity contribution in [1.29, 1.82) is 0 Å². The lowest BCUT2D eigenvalue weighted by molar-refractivity contribution is -0.116. The van der Waals surface area contributed by atoms with Crippen LogP contribution in [0.4, 0.5) is 11.4 Å². The Balaban J connectivity index is 1.39. The third-order valence-corrected chi connectivity index (χ3v) is 8.54. The van der Waals surface area contributed by atoms with Crippen LogP contribution in [-0.4, -0.2) is 39.1 Å². The van der Waals surface area contributed by atoms with Gasteiger partial charge in [-0.2, -0.15) is 0 Å². The maximum atomic E-state index is 13.7. The molecule has 5 aromatic carbocycles. The van der Waals surface area contributed by atoms with Crippen LogP contribution in [0, 0.1) is 0 Å². The average molecular weight is 674 g/mol. The molecule has 0 radical (unpaired) electrons. The number of benzene rings is 5. The average Bonchev–Trinajstić information content (AvgIpc) is 3.14. The number of carbonyl (C=O) groups is 3. The number of anilines is 2. The summed E-state index contributed by atoms with van der Waals surface area (Å²) in [5, 5.41) is 8.05. The number of carbonyl (C=O) groups excluding carboxylic acids is 3. The van der Waals surface area contributed by atoms with Gasteiger partial charge in [-0.25, -0.2) is 0 Å². The van der Waals surface area contributed by atoms with Gasteiger partial charge in [-0.15, -0.1) is 11.8 Å². The molecule has 0 saturated heterocycles. The van der Waals surface area contributed by atoms with Gasteiger partial charge in [-0.3, -0.25) is 14.4 Å². The Morgan fingerprint density at radius 3 is 2.02 bits per heavy atom. The molecule has 3 amide bonds. The fourth-order valence-corrected chi connectivity index (χ4v) is 5.90. The highest BCUT2D eigenvalue weighted by Crippen LogP contribution is 2.37. The molecule has 0 aliphatic heterocycles. The first-order valence-corrected chi connectivity index (χ1v) is 16.1. The number of hydrogen-bond donors (Lipinski definition) is 3. The molecular weight excluding hydrogens is 639 g/mol. The van der Waals surface area contributed by atoms with Gasteiger partial charge in [-0.1, -0.05) is 60.7 Å². The van der Waals surface area contributed by atoms with Crippen LogP contribution in [0.5, 0.6) is 17.2 Å². The van der Waals surface area contributed by atoms with Crippen LogP contribution in [0.3, 0.4) is 0 Å². The monoisotopic (exact) mass is 673 g/mol. The standard InChI is InChI=1S/C39H35N3O6S/c1-46-31-20-18-29(19-21-31)40-39(45)36(27-11-6-4-7-12-27)49-32-16-10-15-30(25-32)41-38(44)33(42-37(43)28-13-8-5-9-14-28)23-26-17-22-34(47-2)35(24-26)48-3/h4-25,36H,1-3H3,(H,40,45)(H,41,44)(H,42,43)/b33-23+. The Morgan fingerprint density at radius 2 is 1.35 bits per heavy atom. The molecule has 1 unspecified atom stereocenters. The van der Waals surface area contributed by atoms with Gasteiger partial charge in [-0.05, 0) is 83.9 Å². The van der Waals surface area contributed by atoms with E-state index in [2.05, 4.69) is 16.0 Å². The van der Waals surface area contributed by atoms with Gasteiger partial charge in [0, 0.05) is 21.8 Å². The molecule has 0 heterocycles. The van der Waals surface area contributed by atoms with Crippen molar-refractivity contribution >= 4 is 46.9 Å². The highest BCUT2D eigenvalue weighted by Gasteiger charge is 2.23. The second kappa shape index (κ2) is 16.7. The van der Waals surface area contributed by atoms with E-state index in [1.54, 1.807) is 104 Å². The van der Waals surface area contributed by atoms with Crippen molar-refractivity contribution in [2.75, 3.05) is 32.0 Å². The molecule has 9 nitrogen and oxygen atoms in total. The molecule has 10 heteroatoms. The van der Waals surface area contributed by atoms with Crippen LogP contribution in [0.15, 0.2) is 138 Å². The maximum Gasteiger partial charge on any atom is 0.272 e. The van der Waals surface area contributed by atoms with Crippen molar-refractivity contribution < 1.29 is 28.6 Å². The van der Waals surface area contributed by atoms with E-state index in [1.807, 2.05) is 36.4 Å². The molecule has 0 bridgehead atoms. The Labute approximate surface area is 289 Å². The van der Waals surface area contributed by atoms with Gasteiger partial charge in [0.15, 0.2) is 11.5 Å². The summed E-state index contributed by atoms with van der Waals surface area (Å²) in [5.74, 6) is 0.490. The third kappa shape index (κ3) is 9.30. The summed E-state index contributed by atoms with van der Waals surface area (Å²) >= 11 is 1.35. The van der Waals surface area contributed by atoms with E-state index in [9.17, 15) is 14.4 Å². The smallest absolute Gasteiger partial charge is 0.272 e. The first kappa shape index (κ1) is 34.3. The Hall–Kier alpha value is -6.00. The SMILES string of the molecule is COc1ccc(NC(=O)C(Sc2cccc(NC(=O)/C(=C\c3ccc(OC)c(OC)c3)NC(=O)c3ccccc3)c2)c2ccccc2)cc1. The number of methoxy groups -OCH3 is 3. The minimum atomic E-state index is -0.597. The zero-order valence-corrected chi connectivity index (χ0v) is 28.0. The highest BCUT2D eigenvalue weighted by molar-refractivity contribution is 8.00. The molecule has 0 aromatic heterocycles. The molecule has 0 aliphatic rings. The maximum absolute atomic E-state index is 13.7. The fraction of sp³-hybridized carbons (Fsp3) is 0.103. The number of thioether (sulfide) groups is 1. The van der Waals surface area contributed by atoms with Crippen molar-refractivity contribution in [3.05, 3.63) is 150 Å². The zero-order valence-electron chi connectivity index (χ0n) is 27.1. The number of nitrogens with one attached hydrogen (secondary N) is 3. The van der Waals surface area contributed by atoms with Crippen LogP contribution in [0.1, 0.15) is 26.7 Å². The molecule has 0 spiro atoms. The van der Waals surface area contributed by atoms with Crippen molar-refractivity contribution in [3.63, 3.8) is 0 Å². The summed E-state index contributed by atoms with van der Waals surface area (Å²) in [6.45, 7) is 0. The number of hydrogen-bond acceptors (Lipinski definition) is 7. The second-order valence-corrected chi connectivity index (χ2v) is 11.8. The topological polar surface area (TPSA) is 115 Å². The molecule has 0 fully saturated rings. The van der Waals surface area contributed by atoms with Gasteiger partial charge in [0.05, 0.1) is 21.3 Å². The minimum absolute atomic E-state index is 0.0140. The van der Waals surface area contributed by atoms with Gasteiger partial charge in [0.25, 0.3) is 11.8 Å². The fourth-order valence-electron chi connectivity index (χ4n) is 4.82. The summed E-state index contributed by atoms with van der Waals surface area (Å²) in [5.41, 5.74) is 2.95. The van der Waals surface area contributed by atoms with E-state index >= 15 is 0 Å². The Bertz CT molecular complexity index is 1930. The van der Waals surface area contributed by atoms with E-state index in [1.165, 1.54) is 26.0 Å². The first-order chi connectivity index (χ1) is 23.9. The second-order valence-electron chi connectivity index (χ2n) is 10.6. The lowest BCUT2D eigenvalue weighted by atomic mass is 10.1. The molecule has 248 valence electrons. The number of rotatable bonds is 13. The number of amides is 3. The van der Waals surface area contributed by atoms with Gasteiger partial charge < -0.3 is 30.2 Å². The summed E-state index contributed by atoms with van der Waals surface area (Å²) in [4.78, 5) is 41.2. The number of ether oxygens (including phenoxy) is 3. The minimum Gasteiger partial charge on any atom is -0.497 e. The first-order valence-electron chi connectivity index (χ1n) is 15.2. The normalized spacial score (nSPS) is 11.5. The van der Waals surface area contributed by atoms with Crippen LogP contribution >= 0.6 is 11.8 Å². The van der Waals surface area contributed by atoms with E-state index in [0.717, 1.165) is 10.5 Å². The Kier molecular flexibility index (Phi) is 11.7. The van der Waals surface area contributed by atoms with Crippen molar-refractivity contribution in [2.24, 2.45) is 0 Å². The molecule has 0 aliphatic carbocycles. The lowest BCUT2D eigenvalue weighted by Crippen LogP contribution is -2.30. The van der Waals surface area contributed by atoms with E-state index in [0.29, 0.717) is 39.8 Å². The molecule has 49 heavy (non-hydrogen) atoms. The lowest BCUT2D eigenvalue weighted by Gasteiger charge is -2.18. The van der Waals surface area contributed by atoms with E-state index < -0.39 is 17.1 Å². The Morgan fingerprint density at radius 1 is 0.653 bits per heavy atom. The quantitative estimate of drug-likeness (QED) is 0.0872. The van der Waals surface area contributed by atoms with Crippen LogP contribution in [0.25, 0.3) is 6.08 Å². The molecule has 0 saturated carbocycles. The molecule has 3 N–H and O–H groups in total. The zero-order chi connectivity index (χ0) is 34.6. The molecule has 1 atom stereocenters. The van der Waals surface area contributed by atoms with E-state index in [-0.39, 0.29) is 11.6 Å². The van der Waals surface area contributed by atoms with E-state index in [4.69, 9.17) is 14.2 Å². The highest BCUT2D eigenvalue weighted by atomic mass is 32.2. The largest absolute Gasteiger partial charge is 0.497 e. The van der Waals surface area contributed by atoms with Gasteiger partial charge >= 0.3 is 0 Å². The summed E-state index contributed by atoms with van der Waals surface area (Å²) in [6, 6.07) is 37.6. The predicted molar refractivity (Wildman–Crippen MR) is 193 cm³/mol. The summed E-state index contributed by atoms with van der Waals surface area (Å²) in [6.07, 6.45) is 1.56. The third-order valence-electron chi connectivity index (χ3n) is 7.29. The van der Waals surface area contributed by atoms with Gasteiger partial charge in [0.2, 0.25) is 5.91 Å². The van der Waals surface area contributed by atoms with Crippen LogP contribution in [0.2, 0.25) is 0 Å². The molecule has 5 rings (SSSR count). The van der Waals surface area contributed by atoms with Crippen molar-refractivity contribution in [1.82, 2.24) is 5.32 Å². The summed E-state index contributed by atoms with van der Waals surface area (Å²) < 4.78 is 16.0. The van der Waals surface area contributed by atoms with Crippen molar-refractivity contribution in [2.45, 2.75) is 10.1 Å². The molecule has 5 aromatic rings. The van der Waals surface area contributed by atoms with Gasteiger partial charge in [0.1, 0.15) is 16.7 Å². The van der Waals surface area contributed by atoms with Crippen molar-refractivity contribution in [3.8, 4) is 17.2 Å². The predicted octanol–water partition coefficient (Wildman–Crippen LogP) is 7.59. The summed E-state index contributed by atoms with van der Waals surface area (Å²) in [7, 11) is 4.64.